The number of esters is 1. The van der Waals surface area contributed by atoms with Crippen LogP contribution in [0.5, 0.6) is 0 Å². The van der Waals surface area contributed by atoms with E-state index in [1.165, 1.54) is 0 Å². The van der Waals surface area contributed by atoms with E-state index in [4.69, 9.17) is 14.5 Å². The molecule has 0 aromatic heterocycles. The summed E-state index contributed by atoms with van der Waals surface area (Å²) in [5.74, 6) is -2.10. The maximum Gasteiger partial charge on any atom is 0.421 e. The van der Waals surface area contributed by atoms with Gasteiger partial charge in [-0.05, 0) is 44.9 Å². The maximum atomic E-state index is 14.3. The van der Waals surface area contributed by atoms with E-state index in [-0.39, 0.29) is 13.0 Å². The molecular formula is C31H30N2O5. The van der Waals surface area contributed by atoms with Crippen molar-refractivity contribution in [3.63, 3.8) is 0 Å². The van der Waals surface area contributed by atoms with Crippen LogP contribution in [0.1, 0.15) is 49.4 Å². The van der Waals surface area contributed by atoms with Crippen LogP contribution in [0.4, 0.5) is 10.5 Å². The molecule has 0 saturated heterocycles. The molecule has 7 nitrogen and oxygen atoms in total. The van der Waals surface area contributed by atoms with Crippen molar-refractivity contribution >= 4 is 29.4 Å². The van der Waals surface area contributed by atoms with Crippen molar-refractivity contribution in [2.24, 2.45) is 10.9 Å². The van der Waals surface area contributed by atoms with E-state index in [9.17, 15) is 14.4 Å². The van der Waals surface area contributed by atoms with Gasteiger partial charge < -0.3 is 9.47 Å². The molecule has 0 saturated carbocycles. The lowest BCUT2D eigenvalue weighted by Gasteiger charge is -2.29. The summed E-state index contributed by atoms with van der Waals surface area (Å²) < 4.78 is 11.3. The van der Waals surface area contributed by atoms with Gasteiger partial charge in [0, 0.05) is 17.7 Å². The highest BCUT2D eigenvalue weighted by atomic mass is 16.6. The molecular weight excluding hydrogens is 480 g/mol. The van der Waals surface area contributed by atoms with Gasteiger partial charge in [-0.2, -0.15) is 0 Å². The normalized spacial score (nSPS) is 20.3. The van der Waals surface area contributed by atoms with E-state index < -0.39 is 35.0 Å². The third-order valence-electron chi connectivity index (χ3n) is 6.73. The van der Waals surface area contributed by atoms with Crippen molar-refractivity contribution < 1.29 is 23.9 Å². The minimum absolute atomic E-state index is 0.00563. The lowest BCUT2D eigenvalue weighted by atomic mass is 9.78. The van der Waals surface area contributed by atoms with E-state index >= 15 is 0 Å². The fourth-order valence-electron chi connectivity index (χ4n) is 5.07. The molecule has 2 aliphatic rings. The number of ether oxygens (including phenoxy) is 2. The largest absolute Gasteiger partial charge is 0.460 e. The average molecular weight is 511 g/mol. The number of anilines is 1. The van der Waals surface area contributed by atoms with Crippen LogP contribution in [0.15, 0.2) is 83.9 Å². The van der Waals surface area contributed by atoms with Gasteiger partial charge in [-0.3, -0.25) is 14.6 Å². The highest BCUT2D eigenvalue weighted by Gasteiger charge is 2.63. The Morgan fingerprint density at radius 1 is 1.00 bits per heavy atom. The number of benzene rings is 3. The summed E-state index contributed by atoms with van der Waals surface area (Å²) >= 11 is 0. The molecule has 2 amide bonds. The molecule has 0 bridgehead atoms. The number of hydrogen-bond donors (Lipinski definition) is 0. The van der Waals surface area contributed by atoms with Gasteiger partial charge >= 0.3 is 12.1 Å². The number of rotatable bonds is 4. The molecule has 7 heteroatoms. The van der Waals surface area contributed by atoms with Gasteiger partial charge in [-0.15, -0.1) is 0 Å². The minimum Gasteiger partial charge on any atom is -0.460 e. The van der Waals surface area contributed by atoms with Crippen molar-refractivity contribution in [2.75, 3.05) is 4.90 Å². The van der Waals surface area contributed by atoms with Crippen LogP contribution in [-0.2, 0) is 31.2 Å². The first-order valence-electron chi connectivity index (χ1n) is 12.6. The number of fused-ring (bicyclic) bond motifs is 2. The van der Waals surface area contributed by atoms with Gasteiger partial charge in [-0.1, -0.05) is 78.4 Å². The summed E-state index contributed by atoms with van der Waals surface area (Å²) in [5, 5.41) is 0. The van der Waals surface area contributed by atoms with Gasteiger partial charge in [0.05, 0.1) is 5.69 Å². The number of imide groups is 1. The summed E-state index contributed by atoms with van der Waals surface area (Å²) in [7, 11) is 0. The lowest BCUT2D eigenvalue weighted by molar-refractivity contribution is -0.163. The number of carbonyl (C=O) groups excluding carboxylic acids is 3. The van der Waals surface area contributed by atoms with Crippen LogP contribution in [-0.4, -0.2) is 29.3 Å². The number of amides is 2. The van der Waals surface area contributed by atoms with Crippen molar-refractivity contribution in [1.82, 2.24) is 0 Å². The molecule has 3 aromatic rings. The molecule has 3 aromatic carbocycles. The molecule has 194 valence electrons. The molecule has 0 N–H and O–H groups in total. The highest BCUT2D eigenvalue weighted by molar-refractivity contribution is 6.24. The van der Waals surface area contributed by atoms with Gasteiger partial charge in [0.25, 0.3) is 5.91 Å². The Morgan fingerprint density at radius 3 is 2.32 bits per heavy atom. The van der Waals surface area contributed by atoms with E-state index in [1.54, 1.807) is 26.8 Å². The van der Waals surface area contributed by atoms with Crippen LogP contribution in [0, 0.1) is 12.8 Å². The highest BCUT2D eigenvalue weighted by Crippen LogP contribution is 2.53. The van der Waals surface area contributed by atoms with Crippen LogP contribution in [0.3, 0.4) is 0 Å². The van der Waals surface area contributed by atoms with Crippen molar-refractivity contribution in [2.45, 2.75) is 51.9 Å². The third kappa shape index (κ3) is 4.49. The maximum absolute atomic E-state index is 14.3. The van der Waals surface area contributed by atoms with Crippen LogP contribution >= 0.6 is 0 Å². The molecule has 0 fully saturated rings. The standard InChI is InChI=1S/C31H30N2O5/c1-20-15-16-26-23(17-20)31(28(35)33(26)29(36)37-19-21-11-7-5-8-12-21)24(27(34)38-30(2,3)4)18-25(32-31)22-13-9-6-10-14-22/h5-17,24H,18-19H2,1-4H3/t24-,31+/m0/s1. The van der Waals surface area contributed by atoms with Crippen LogP contribution in [0.25, 0.3) is 0 Å². The van der Waals surface area contributed by atoms with Crippen molar-refractivity contribution in [3.05, 3.63) is 101 Å². The molecule has 2 heterocycles. The topological polar surface area (TPSA) is 85.3 Å². The van der Waals surface area contributed by atoms with E-state index in [1.807, 2.05) is 79.7 Å². The van der Waals surface area contributed by atoms with Crippen molar-refractivity contribution in [3.8, 4) is 0 Å². The first-order valence-corrected chi connectivity index (χ1v) is 12.6. The van der Waals surface area contributed by atoms with Gasteiger partial charge in [0.1, 0.15) is 18.1 Å². The second-order valence-corrected chi connectivity index (χ2v) is 10.7. The quantitative estimate of drug-likeness (QED) is 0.419. The number of aryl methyl sites for hydroxylation is 1. The summed E-state index contributed by atoms with van der Waals surface area (Å²) in [6, 6.07) is 24.0. The summed E-state index contributed by atoms with van der Waals surface area (Å²) in [6.45, 7) is 7.26. The zero-order valence-electron chi connectivity index (χ0n) is 21.9. The molecule has 0 unspecified atom stereocenters. The van der Waals surface area contributed by atoms with Crippen LogP contribution < -0.4 is 4.90 Å². The Balaban J connectivity index is 1.61. The second-order valence-electron chi connectivity index (χ2n) is 10.7. The molecule has 2 aliphatic heterocycles. The lowest BCUT2D eigenvalue weighted by Crippen LogP contribution is -2.48. The van der Waals surface area contributed by atoms with Gasteiger partial charge in [-0.25, -0.2) is 9.69 Å². The number of nitrogens with zero attached hydrogens (tertiary/aromatic N) is 2. The Kier molecular flexibility index (Phi) is 6.39. The first kappa shape index (κ1) is 25.4. The molecule has 38 heavy (non-hydrogen) atoms. The zero-order valence-corrected chi connectivity index (χ0v) is 21.9. The molecule has 1 spiro atoms. The molecule has 0 aliphatic carbocycles. The Morgan fingerprint density at radius 2 is 1.66 bits per heavy atom. The average Bonchev–Trinajstić information content (AvgIpc) is 3.40. The Labute approximate surface area is 222 Å². The zero-order chi connectivity index (χ0) is 27.1. The third-order valence-corrected chi connectivity index (χ3v) is 6.73. The van der Waals surface area contributed by atoms with Crippen molar-refractivity contribution in [1.29, 1.82) is 0 Å². The van der Waals surface area contributed by atoms with E-state index in [2.05, 4.69) is 0 Å². The summed E-state index contributed by atoms with van der Waals surface area (Å²) in [4.78, 5) is 47.3. The van der Waals surface area contributed by atoms with Gasteiger partial charge in [0.15, 0.2) is 5.54 Å². The Hall–Kier alpha value is -4.26. The Bertz CT molecular complexity index is 1430. The molecule has 5 rings (SSSR count). The summed E-state index contributed by atoms with van der Waals surface area (Å²) in [6.07, 6.45) is -0.613. The minimum atomic E-state index is -1.64. The van der Waals surface area contributed by atoms with Gasteiger partial charge in [0.2, 0.25) is 0 Å². The second kappa shape index (κ2) is 9.56. The number of carbonyl (C=O) groups is 3. The fraction of sp³-hybridized carbons (Fsp3) is 0.290. The van der Waals surface area contributed by atoms with Crippen LogP contribution in [0.2, 0.25) is 0 Å². The van der Waals surface area contributed by atoms with E-state index in [0.29, 0.717) is 17.0 Å². The predicted molar refractivity (Wildman–Crippen MR) is 144 cm³/mol. The first-order chi connectivity index (χ1) is 18.1. The predicted octanol–water partition coefficient (Wildman–Crippen LogP) is 5.72. The monoisotopic (exact) mass is 510 g/mol. The molecule has 2 atom stereocenters. The number of aliphatic imine (C=N–C) groups is 1. The fourth-order valence-corrected chi connectivity index (χ4v) is 5.07. The SMILES string of the molecule is Cc1ccc2c(c1)[C@]1(N=C(c3ccccc3)C[C@H]1C(=O)OC(C)(C)C)C(=O)N2C(=O)OCc1ccccc1. The molecule has 0 radical (unpaired) electrons. The van der Waals surface area contributed by atoms with E-state index in [0.717, 1.165) is 21.6 Å². The smallest absolute Gasteiger partial charge is 0.421 e. The number of hydrogen-bond acceptors (Lipinski definition) is 6. The summed E-state index contributed by atoms with van der Waals surface area (Å²) in [5.41, 5.74) is 1.56.